The van der Waals surface area contributed by atoms with Crippen LogP contribution >= 0.6 is 0 Å². The minimum Gasteiger partial charge on any atom is -0.457 e. The van der Waals surface area contributed by atoms with E-state index in [-0.39, 0.29) is 47.7 Å². The molecule has 0 saturated carbocycles. The molecule has 2 aromatic heterocycles. The molecule has 2 aliphatic rings. The molecule has 2 aromatic carbocycles. The SMILES string of the molecule is CN1CCN(C(C)(C)/C=C(/C#N)C(=O)N2CCC[C@H](n3nc(-c4ccc(Oc5ccccc5)cc4F)c4c(N)ncnc43)C2)CC1=O. The summed E-state index contributed by atoms with van der Waals surface area (Å²) in [6.07, 6.45) is 4.32. The molecule has 2 aliphatic heterocycles. The van der Waals surface area contributed by atoms with Crippen LogP contribution in [0.1, 0.15) is 32.7 Å². The summed E-state index contributed by atoms with van der Waals surface area (Å²) in [6, 6.07) is 15.4. The Morgan fingerprint density at radius 1 is 1.13 bits per heavy atom. The van der Waals surface area contributed by atoms with Crippen molar-refractivity contribution in [1.82, 2.24) is 34.4 Å². The molecule has 0 bridgehead atoms. The molecule has 0 unspecified atom stereocenters. The van der Waals surface area contributed by atoms with Crippen LogP contribution in [0, 0.1) is 17.1 Å². The summed E-state index contributed by atoms with van der Waals surface area (Å²) < 4.78 is 23.1. The quantitative estimate of drug-likeness (QED) is 0.233. The van der Waals surface area contributed by atoms with E-state index in [1.54, 1.807) is 51.9 Å². The number of nitriles is 1. The Labute approximate surface area is 271 Å². The van der Waals surface area contributed by atoms with E-state index in [1.807, 2.05) is 36.9 Å². The van der Waals surface area contributed by atoms with Crippen LogP contribution < -0.4 is 10.5 Å². The summed E-state index contributed by atoms with van der Waals surface area (Å²) in [5.41, 5.74) is 6.54. The lowest BCUT2D eigenvalue weighted by molar-refractivity contribution is -0.136. The number of fused-ring (bicyclic) bond motifs is 1. The number of carbonyl (C=O) groups is 2. The fourth-order valence-electron chi connectivity index (χ4n) is 6.16. The van der Waals surface area contributed by atoms with Gasteiger partial charge < -0.3 is 20.3 Å². The van der Waals surface area contributed by atoms with E-state index in [1.165, 1.54) is 12.4 Å². The third-order valence-corrected chi connectivity index (χ3v) is 8.84. The Hall–Kier alpha value is -5.35. The van der Waals surface area contributed by atoms with Crippen LogP contribution in [0.3, 0.4) is 0 Å². The van der Waals surface area contributed by atoms with Crippen molar-refractivity contribution in [1.29, 1.82) is 5.26 Å². The number of hydrogen-bond donors (Lipinski definition) is 1. The fourth-order valence-corrected chi connectivity index (χ4v) is 6.16. The predicted octanol–water partition coefficient (Wildman–Crippen LogP) is 4.17. The normalized spacial score (nSPS) is 18.0. The maximum atomic E-state index is 15.6. The Morgan fingerprint density at radius 2 is 1.91 bits per heavy atom. The first-order chi connectivity index (χ1) is 22.6. The molecule has 4 aromatic rings. The number of para-hydroxylation sites is 1. The van der Waals surface area contributed by atoms with Gasteiger partial charge in [-0.25, -0.2) is 19.0 Å². The fraction of sp³-hybridized carbons (Fsp3) is 0.353. The molecule has 6 rings (SSSR count). The monoisotopic (exact) mass is 637 g/mol. The van der Waals surface area contributed by atoms with Gasteiger partial charge in [-0.1, -0.05) is 18.2 Å². The number of carbonyl (C=O) groups excluding carboxylic acids is 2. The summed E-state index contributed by atoms with van der Waals surface area (Å²) >= 11 is 0. The maximum absolute atomic E-state index is 15.6. The number of ether oxygens (including phenoxy) is 1. The lowest BCUT2D eigenvalue weighted by atomic mass is 9.96. The van der Waals surface area contributed by atoms with Crippen LogP contribution in [-0.2, 0) is 9.59 Å². The first-order valence-electron chi connectivity index (χ1n) is 15.5. The molecule has 0 spiro atoms. The molecule has 242 valence electrons. The Bertz CT molecular complexity index is 1900. The van der Waals surface area contributed by atoms with E-state index in [0.29, 0.717) is 55.0 Å². The molecule has 0 radical (unpaired) electrons. The van der Waals surface area contributed by atoms with Crippen molar-refractivity contribution < 1.29 is 18.7 Å². The highest BCUT2D eigenvalue weighted by Crippen LogP contribution is 2.36. The first-order valence-corrected chi connectivity index (χ1v) is 15.5. The first kappa shape index (κ1) is 31.6. The number of likely N-dealkylation sites (tertiary alicyclic amines) is 1. The number of piperidine rings is 1. The maximum Gasteiger partial charge on any atom is 0.264 e. The topological polar surface area (TPSA) is 146 Å². The zero-order chi connectivity index (χ0) is 33.3. The van der Waals surface area contributed by atoms with Gasteiger partial charge in [0.05, 0.1) is 18.0 Å². The van der Waals surface area contributed by atoms with E-state index in [4.69, 9.17) is 15.6 Å². The van der Waals surface area contributed by atoms with E-state index in [2.05, 4.69) is 16.0 Å². The number of halogens is 1. The number of nitrogens with two attached hydrogens (primary N) is 1. The van der Waals surface area contributed by atoms with Crippen LogP contribution in [0.15, 0.2) is 66.5 Å². The number of piperazine rings is 1. The highest BCUT2D eigenvalue weighted by atomic mass is 19.1. The second-order valence-corrected chi connectivity index (χ2v) is 12.4. The van der Waals surface area contributed by atoms with Crippen LogP contribution in [0.2, 0.25) is 0 Å². The third kappa shape index (κ3) is 6.37. The zero-order valence-corrected chi connectivity index (χ0v) is 26.6. The number of nitrogen functional groups attached to an aromatic ring is 1. The van der Waals surface area contributed by atoms with Crippen molar-refractivity contribution in [2.75, 3.05) is 45.5 Å². The van der Waals surface area contributed by atoms with Crippen LogP contribution in [0.25, 0.3) is 22.3 Å². The number of aromatic nitrogens is 4. The van der Waals surface area contributed by atoms with Gasteiger partial charge in [-0.3, -0.25) is 14.5 Å². The Kier molecular flexibility index (Phi) is 8.62. The molecule has 47 heavy (non-hydrogen) atoms. The third-order valence-electron chi connectivity index (χ3n) is 8.84. The summed E-state index contributed by atoms with van der Waals surface area (Å²) in [7, 11) is 1.76. The van der Waals surface area contributed by atoms with E-state index >= 15 is 4.39 Å². The van der Waals surface area contributed by atoms with E-state index < -0.39 is 17.3 Å². The second kappa shape index (κ2) is 12.8. The van der Waals surface area contributed by atoms with Gasteiger partial charge >= 0.3 is 0 Å². The van der Waals surface area contributed by atoms with Gasteiger partial charge in [0.2, 0.25) is 5.91 Å². The summed E-state index contributed by atoms with van der Waals surface area (Å²) in [4.78, 5) is 40.0. The average Bonchev–Trinajstić information content (AvgIpc) is 3.46. The number of anilines is 1. The molecule has 2 saturated heterocycles. The van der Waals surface area contributed by atoms with Crippen molar-refractivity contribution in [3.63, 3.8) is 0 Å². The number of nitrogens with zero attached hydrogens (tertiary/aromatic N) is 8. The second-order valence-electron chi connectivity index (χ2n) is 12.4. The molecule has 4 heterocycles. The smallest absolute Gasteiger partial charge is 0.264 e. The molecule has 2 fully saturated rings. The summed E-state index contributed by atoms with van der Waals surface area (Å²) in [5.74, 6) is 0.113. The lowest BCUT2D eigenvalue weighted by Gasteiger charge is -2.41. The highest BCUT2D eigenvalue weighted by Gasteiger charge is 2.35. The Morgan fingerprint density at radius 3 is 2.64 bits per heavy atom. The molecule has 2 N–H and O–H groups in total. The van der Waals surface area contributed by atoms with Gasteiger partial charge in [0.25, 0.3) is 5.91 Å². The lowest BCUT2D eigenvalue weighted by Crippen LogP contribution is -2.55. The number of benzene rings is 2. The van der Waals surface area contributed by atoms with E-state index in [9.17, 15) is 14.9 Å². The molecule has 1 atom stereocenters. The molecular weight excluding hydrogens is 601 g/mol. The van der Waals surface area contributed by atoms with Gasteiger partial charge in [0, 0.05) is 50.4 Å². The van der Waals surface area contributed by atoms with Crippen LogP contribution in [-0.4, -0.2) is 91.6 Å². The predicted molar refractivity (Wildman–Crippen MR) is 173 cm³/mol. The van der Waals surface area contributed by atoms with Gasteiger partial charge in [-0.2, -0.15) is 10.4 Å². The van der Waals surface area contributed by atoms with Gasteiger partial charge in [-0.15, -0.1) is 0 Å². The molecule has 2 amide bonds. The molecule has 0 aliphatic carbocycles. The molecule has 13 heteroatoms. The van der Waals surface area contributed by atoms with E-state index in [0.717, 1.165) is 0 Å². The van der Waals surface area contributed by atoms with Crippen molar-refractivity contribution in [2.45, 2.75) is 38.3 Å². The average molecular weight is 638 g/mol. The summed E-state index contributed by atoms with van der Waals surface area (Å²) in [5, 5.41) is 15.3. The van der Waals surface area contributed by atoms with Crippen molar-refractivity contribution in [3.05, 3.63) is 72.3 Å². The molecule has 12 nitrogen and oxygen atoms in total. The highest BCUT2D eigenvalue weighted by molar-refractivity contribution is 5.99. The number of likely N-dealkylation sites (N-methyl/N-ethyl adjacent to an activating group) is 1. The van der Waals surface area contributed by atoms with Crippen molar-refractivity contribution in [3.8, 4) is 28.8 Å². The van der Waals surface area contributed by atoms with Gasteiger partial charge in [-0.05, 0) is 57.0 Å². The van der Waals surface area contributed by atoms with Gasteiger partial charge in [0.1, 0.15) is 46.8 Å². The number of rotatable bonds is 7. The minimum absolute atomic E-state index is 0.00645. The zero-order valence-electron chi connectivity index (χ0n) is 26.6. The minimum atomic E-state index is -0.694. The number of hydrogen-bond acceptors (Lipinski definition) is 9. The summed E-state index contributed by atoms with van der Waals surface area (Å²) in [6.45, 7) is 5.94. The van der Waals surface area contributed by atoms with Crippen LogP contribution in [0.4, 0.5) is 10.2 Å². The van der Waals surface area contributed by atoms with Crippen LogP contribution in [0.5, 0.6) is 11.5 Å². The van der Waals surface area contributed by atoms with Gasteiger partial charge in [0.15, 0.2) is 5.65 Å². The van der Waals surface area contributed by atoms with Crippen molar-refractivity contribution >= 4 is 28.7 Å². The van der Waals surface area contributed by atoms with Crippen molar-refractivity contribution in [2.24, 2.45) is 0 Å². The largest absolute Gasteiger partial charge is 0.457 e. The standard InChI is InChI=1S/C34H36FN9O3/c1-34(2,43-15-14-41(3)28(45)20-43)17-22(18-36)33(46)42-13-7-8-23(19-42)44-32-29(31(37)38-21-39-32)30(40-44)26-12-11-25(16-27(26)35)47-24-9-5-4-6-10-24/h4-6,9-12,16-17,21,23H,7-8,13-15,19-20H2,1-3H3,(H2,37,38,39)/b22-17-/t23-/m0/s1. The number of amides is 2. The molecular formula is C34H36FN9O3. The Balaban J connectivity index is 1.27.